The molecule has 1 aliphatic carbocycles. The molecule has 0 saturated heterocycles. The topological polar surface area (TPSA) is 125 Å². The minimum absolute atomic E-state index is 0.0670. The van der Waals surface area contributed by atoms with Crippen LogP contribution in [0.3, 0.4) is 0 Å². The van der Waals surface area contributed by atoms with Crippen LogP contribution in [0.4, 0.5) is 13.2 Å². The zero-order chi connectivity index (χ0) is 25.1. The number of benzene rings is 1. The molecule has 0 heterocycles. The molecule has 0 spiro atoms. The summed E-state index contributed by atoms with van der Waals surface area (Å²) in [5.74, 6) is -3.51. The number of hydrogen-bond donors (Lipinski definition) is 4. The van der Waals surface area contributed by atoms with Crippen LogP contribution in [-0.2, 0) is 25.7 Å². The number of carbonyl (C=O) groups is 3. The van der Waals surface area contributed by atoms with E-state index < -0.39 is 23.6 Å². The molecule has 4 N–H and O–H groups in total. The van der Waals surface area contributed by atoms with Gasteiger partial charge in [0.25, 0.3) is 5.91 Å². The van der Waals surface area contributed by atoms with Gasteiger partial charge < -0.3 is 9.84 Å². The minimum atomic E-state index is -5.08. The zero-order valence-electron chi connectivity index (χ0n) is 18.4. The summed E-state index contributed by atoms with van der Waals surface area (Å²) >= 11 is 0. The van der Waals surface area contributed by atoms with Crippen LogP contribution in [0.1, 0.15) is 57.1 Å². The van der Waals surface area contributed by atoms with Gasteiger partial charge in [-0.05, 0) is 56.2 Å². The van der Waals surface area contributed by atoms with Crippen molar-refractivity contribution < 1.29 is 42.6 Å². The van der Waals surface area contributed by atoms with Crippen LogP contribution in [0.25, 0.3) is 6.08 Å². The smallest absolute Gasteiger partial charge is 0.475 e. The van der Waals surface area contributed by atoms with Gasteiger partial charge in [-0.2, -0.15) is 13.2 Å². The van der Waals surface area contributed by atoms with Crippen LogP contribution >= 0.6 is 0 Å². The molecule has 184 valence electrons. The molecule has 0 bridgehead atoms. The van der Waals surface area contributed by atoms with Crippen LogP contribution in [0.5, 0.6) is 0 Å². The number of hydrogen-bond acceptors (Lipinski definition) is 6. The van der Waals surface area contributed by atoms with E-state index in [9.17, 15) is 22.8 Å². The van der Waals surface area contributed by atoms with Gasteiger partial charge in [-0.25, -0.2) is 10.3 Å². The summed E-state index contributed by atoms with van der Waals surface area (Å²) < 4.78 is 37.4. The second-order valence-electron chi connectivity index (χ2n) is 7.70. The van der Waals surface area contributed by atoms with Crippen LogP contribution in [0, 0.1) is 0 Å². The monoisotopic (exact) mass is 474 g/mol. The van der Waals surface area contributed by atoms with Gasteiger partial charge in [-0.1, -0.05) is 31.2 Å². The third kappa shape index (κ3) is 10.0. The van der Waals surface area contributed by atoms with E-state index in [0.717, 1.165) is 36.8 Å². The molecule has 0 aliphatic heterocycles. The lowest BCUT2D eigenvalue weighted by molar-refractivity contribution is -0.192. The van der Waals surface area contributed by atoms with E-state index in [1.54, 1.807) is 11.6 Å². The average molecular weight is 474 g/mol. The van der Waals surface area contributed by atoms with Gasteiger partial charge >= 0.3 is 18.1 Å². The van der Waals surface area contributed by atoms with Crippen molar-refractivity contribution in [3.8, 4) is 0 Å². The highest BCUT2D eigenvalue weighted by Gasteiger charge is 2.38. The highest BCUT2D eigenvalue weighted by Crippen LogP contribution is 2.24. The van der Waals surface area contributed by atoms with Gasteiger partial charge in [0.15, 0.2) is 0 Å². The van der Waals surface area contributed by atoms with Gasteiger partial charge in [-0.15, -0.1) is 0 Å². The Balaban J connectivity index is 0.000000675. The first kappa shape index (κ1) is 28.1. The third-order valence-corrected chi connectivity index (χ3v) is 5.18. The summed E-state index contributed by atoms with van der Waals surface area (Å²) in [6.45, 7) is 4.41. The second kappa shape index (κ2) is 12.9. The van der Waals surface area contributed by atoms with E-state index in [1.165, 1.54) is 6.08 Å². The minimum Gasteiger partial charge on any atom is -0.475 e. The number of carboxylic acids is 1. The number of carboxylic acid groups (broad SMARTS) is 1. The van der Waals surface area contributed by atoms with E-state index in [2.05, 4.69) is 5.32 Å². The molecule has 0 unspecified atom stereocenters. The summed E-state index contributed by atoms with van der Waals surface area (Å²) in [6, 6.07) is 7.61. The molecule has 2 rings (SSSR count). The number of esters is 1. The molecule has 1 atom stereocenters. The van der Waals surface area contributed by atoms with Crippen molar-refractivity contribution in [2.45, 2.75) is 70.3 Å². The second-order valence-corrected chi connectivity index (χ2v) is 7.70. The van der Waals surface area contributed by atoms with Crippen LogP contribution in [0.2, 0.25) is 0 Å². The SMILES string of the molecule is CC[C@@](C)(NCc1ccc(/C=C/C(=O)NO)cc1)C(=O)OC1CCCC1.O=C(O)C(F)(F)F. The fourth-order valence-corrected chi connectivity index (χ4v) is 2.88. The van der Waals surface area contributed by atoms with E-state index in [4.69, 9.17) is 19.8 Å². The standard InChI is InChI=1S/C20H28N2O4.C2HF3O2/c1-3-20(2,19(24)26-17-6-4-5-7-17)21-14-16-10-8-15(9-11-16)12-13-18(23)22-25;3-2(4,5)1(6)7/h8-13,17,21,25H,3-7,14H2,1-2H3,(H,22,23);(H,6,7)/b13-12+;/t20-;/m1./s1. The number of carbonyl (C=O) groups excluding carboxylic acids is 2. The van der Waals surface area contributed by atoms with E-state index in [1.807, 2.05) is 38.1 Å². The summed E-state index contributed by atoms with van der Waals surface area (Å²) in [6.07, 6.45) is 2.69. The van der Waals surface area contributed by atoms with Gasteiger partial charge in [0.2, 0.25) is 0 Å². The lowest BCUT2D eigenvalue weighted by Crippen LogP contribution is -2.50. The maximum absolute atomic E-state index is 12.6. The predicted octanol–water partition coefficient (Wildman–Crippen LogP) is 3.58. The number of nitrogens with one attached hydrogen (secondary N) is 2. The Morgan fingerprint density at radius 2 is 1.70 bits per heavy atom. The first-order valence-corrected chi connectivity index (χ1v) is 10.4. The molecular weight excluding hydrogens is 445 g/mol. The van der Waals surface area contributed by atoms with E-state index in [0.29, 0.717) is 13.0 Å². The molecule has 1 aliphatic rings. The first-order chi connectivity index (χ1) is 15.4. The molecule has 1 aromatic carbocycles. The number of rotatable bonds is 8. The largest absolute Gasteiger partial charge is 0.490 e. The van der Waals surface area contributed by atoms with E-state index in [-0.39, 0.29) is 12.1 Å². The Labute approximate surface area is 189 Å². The Kier molecular flexibility index (Phi) is 11.0. The molecule has 1 saturated carbocycles. The Morgan fingerprint density at radius 1 is 1.15 bits per heavy atom. The maximum Gasteiger partial charge on any atom is 0.490 e. The quantitative estimate of drug-likeness (QED) is 0.196. The normalized spacial score (nSPS) is 15.9. The van der Waals surface area contributed by atoms with Crippen LogP contribution in [-0.4, -0.2) is 46.0 Å². The number of halogens is 3. The molecular formula is C22H29F3N2O6. The molecule has 1 aromatic rings. The summed E-state index contributed by atoms with van der Waals surface area (Å²) in [7, 11) is 0. The molecule has 0 radical (unpaired) electrons. The number of ether oxygens (including phenoxy) is 1. The first-order valence-electron chi connectivity index (χ1n) is 10.4. The fraction of sp³-hybridized carbons (Fsp3) is 0.500. The van der Waals surface area contributed by atoms with Crippen molar-refractivity contribution >= 4 is 23.9 Å². The van der Waals surface area contributed by atoms with Gasteiger partial charge in [0.1, 0.15) is 11.6 Å². The summed E-state index contributed by atoms with van der Waals surface area (Å²) in [5.41, 5.74) is 2.71. The summed E-state index contributed by atoms with van der Waals surface area (Å²) in [4.78, 5) is 32.4. The van der Waals surface area contributed by atoms with Gasteiger partial charge in [-0.3, -0.25) is 20.1 Å². The number of hydroxylamine groups is 1. The van der Waals surface area contributed by atoms with Crippen LogP contribution < -0.4 is 10.8 Å². The van der Waals surface area contributed by atoms with Crippen LogP contribution in [0.15, 0.2) is 30.3 Å². The van der Waals surface area contributed by atoms with Crippen molar-refractivity contribution in [3.05, 3.63) is 41.5 Å². The zero-order valence-corrected chi connectivity index (χ0v) is 18.4. The highest BCUT2D eigenvalue weighted by atomic mass is 19.4. The van der Waals surface area contributed by atoms with E-state index >= 15 is 0 Å². The molecule has 33 heavy (non-hydrogen) atoms. The molecule has 1 amide bonds. The van der Waals surface area contributed by atoms with Crippen molar-refractivity contribution in [2.24, 2.45) is 0 Å². The fourth-order valence-electron chi connectivity index (χ4n) is 2.88. The molecule has 8 nitrogen and oxygen atoms in total. The Bertz CT molecular complexity index is 820. The lowest BCUT2D eigenvalue weighted by Gasteiger charge is -2.29. The van der Waals surface area contributed by atoms with Crippen molar-refractivity contribution in [3.63, 3.8) is 0 Å². The molecule has 1 fully saturated rings. The number of aliphatic carboxylic acids is 1. The lowest BCUT2D eigenvalue weighted by atomic mass is 9.98. The van der Waals surface area contributed by atoms with Crippen molar-refractivity contribution in [2.75, 3.05) is 0 Å². The Morgan fingerprint density at radius 3 is 2.15 bits per heavy atom. The van der Waals surface area contributed by atoms with Crippen molar-refractivity contribution in [1.82, 2.24) is 10.8 Å². The number of alkyl halides is 3. The highest BCUT2D eigenvalue weighted by molar-refractivity contribution is 5.90. The summed E-state index contributed by atoms with van der Waals surface area (Å²) in [5, 5.41) is 18.9. The van der Waals surface area contributed by atoms with Gasteiger partial charge in [0, 0.05) is 12.6 Å². The predicted molar refractivity (Wildman–Crippen MR) is 113 cm³/mol. The molecule has 0 aromatic heterocycles. The average Bonchev–Trinajstić information content (AvgIpc) is 3.29. The maximum atomic E-state index is 12.6. The van der Waals surface area contributed by atoms with Gasteiger partial charge in [0.05, 0.1) is 0 Å². The number of amides is 1. The third-order valence-electron chi connectivity index (χ3n) is 5.18. The Hall–Kier alpha value is -2.92. The molecule has 11 heteroatoms. The van der Waals surface area contributed by atoms with Crippen molar-refractivity contribution in [1.29, 1.82) is 0 Å².